The van der Waals surface area contributed by atoms with Crippen molar-refractivity contribution in [3.8, 4) is 0 Å². The Balaban J connectivity index is 2.03. The van der Waals surface area contributed by atoms with Crippen LogP contribution in [0.1, 0.15) is 63.4 Å². The smallest absolute Gasteiger partial charge is 0.128 e. The Bertz CT molecular complexity index is 284. The second-order valence-electron chi connectivity index (χ2n) is 4.49. The fourth-order valence-corrected chi connectivity index (χ4v) is 1.86. The van der Waals surface area contributed by atoms with E-state index in [4.69, 9.17) is 0 Å². The van der Waals surface area contributed by atoms with Crippen LogP contribution in [0.3, 0.4) is 0 Å². The van der Waals surface area contributed by atoms with Gasteiger partial charge in [0, 0.05) is 18.3 Å². The molecule has 0 bridgehead atoms. The fourth-order valence-electron chi connectivity index (χ4n) is 1.86. The highest BCUT2D eigenvalue weighted by atomic mass is 14.9. The molecule has 0 amide bonds. The van der Waals surface area contributed by atoms with Crippen molar-refractivity contribution in [1.82, 2.24) is 9.97 Å². The molecule has 0 N–H and O–H groups in total. The van der Waals surface area contributed by atoms with Gasteiger partial charge in [-0.2, -0.15) is 0 Å². The summed E-state index contributed by atoms with van der Waals surface area (Å²) >= 11 is 0. The minimum absolute atomic E-state index is 1.01. The van der Waals surface area contributed by atoms with E-state index in [2.05, 4.69) is 16.9 Å². The molecule has 0 aliphatic heterocycles. The van der Waals surface area contributed by atoms with Crippen LogP contribution in [0.2, 0.25) is 0 Å². The van der Waals surface area contributed by atoms with Crippen LogP contribution in [-0.4, -0.2) is 9.97 Å². The molecule has 90 valence electrons. The van der Waals surface area contributed by atoms with E-state index < -0.39 is 0 Å². The standard InChI is InChI=1S/C14H24N2/c1-3-4-5-6-7-8-9-10-14-15-12-11-13(2)16-14/h11-12H,3-10H2,1-2H3. The first-order chi connectivity index (χ1) is 7.83. The summed E-state index contributed by atoms with van der Waals surface area (Å²) in [6.07, 6.45) is 12.3. The zero-order chi connectivity index (χ0) is 11.6. The van der Waals surface area contributed by atoms with Crippen molar-refractivity contribution >= 4 is 0 Å². The van der Waals surface area contributed by atoms with Gasteiger partial charge in [0.2, 0.25) is 0 Å². The van der Waals surface area contributed by atoms with Crippen LogP contribution in [0.15, 0.2) is 12.3 Å². The highest BCUT2D eigenvalue weighted by Gasteiger charge is 1.97. The third kappa shape index (κ3) is 5.84. The summed E-state index contributed by atoms with van der Waals surface area (Å²) in [7, 11) is 0. The summed E-state index contributed by atoms with van der Waals surface area (Å²) in [5.41, 5.74) is 1.08. The van der Waals surface area contributed by atoms with Crippen molar-refractivity contribution in [3.05, 3.63) is 23.8 Å². The molecule has 0 aliphatic rings. The molecule has 0 saturated carbocycles. The first-order valence-electron chi connectivity index (χ1n) is 6.61. The Hall–Kier alpha value is -0.920. The van der Waals surface area contributed by atoms with Gasteiger partial charge in [-0.15, -0.1) is 0 Å². The molecular weight excluding hydrogens is 196 g/mol. The van der Waals surface area contributed by atoms with E-state index in [0.717, 1.165) is 17.9 Å². The van der Waals surface area contributed by atoms with E-state index in [1.807, 2.05) is 19.2 Å². The van der Waals surface area contributed by atoms with Crippen LogP contribution in [0, 0.1) is 6.92 Å². The maximum atomic E-state index is 4.41. The molecule has 0 saturated heterocycles. The molecule has 0 atom stereocenters. The predicted octanol–water partition coefficient (Wildman–Crippen LogP) is 4.08. The summed E-state index contributed by atoms with van der Waals surface area (Å²) < 4.78 is 0. The number of rotatable bonds is 8. The molecule has 2 heteroatoms. The number of hydrogen-bond donors (Lipinski definition) is 0. The molecule has 1 rings (SSSR count). The fraction of sp³-hybridized carbons (Fsp3) is 0.714. The summed E-state index contributed by atoms with van der Waals surface area (Å²) in [5, 5.41) is 0. The normalized spacial score (nSPS) is 10.6. The Kier molecular flexibility index (Phi) is 6.78. The average Bonchev–Trinajstić information content (AvgIpc) is 2.28. The van der Waals surface area contributed by atoms with Crippen LogP contribution in [0.5, 0.6) is 0 Å². The average molecular weight is 220 g/mol. The Morgan fingerprint density at radius 2 is 1.69 bits per heavy atom. The molecule has 2 nitrogen and oxygen atoms in total. The first kappa shape index (κ1) is 13.1. The third-order valence-corrected chi connectivity index (χ3v) is 2.85. The van der Waals surface area contributed by atoms with Gasteiger partial charge in [-0.1, -0.05) is 45.4 Å². The van der Waals surface area contributed by atoms with Gasteiger partial charge in [-0.25, -0.2) is 9.97 Å². The van der Waals surface area contributed by atoms with E-state index in [9.17, 15) is 0 Å². The molecule has 16 heavy (non-hydrogen) atoms. The number of nitrogens with zero attached hydrogens (tertiary/aromatic N) is 2. The number of hydrogen-bond acceptors (Lipinski definition) is 2. The zero-order valence-electron chi connectivity index (χ0n) is 10.7. The minimum Gasteiger partial charge on any atom is -0.241 e. The van der Waals surface area contributed by atoms with Crippen molar-refractivity contribution in [3.63, 3.8) is 0 Å². The lowest BCUT2D eigenvalue weighted by Crippen LogP contribution is -1.96. The van der Waals surface area contributed by atoms with Crippen molar-refractivity contribution in [1.29, 1.82) is 0 Å². The van der Waals surface area contributed by atoms with Crippen molar-refractivity contribution in [2.45, 2.75) is 65.2 Å². The molecule has 1 aromatic rings. The summed E-state index contributed by atoms with van der Waals surface area (Å²) in [6.45, 7) is 4.28. The van der Waals surface area contributed by atoms with Gasteiger partial charge < -0.3 is 0 Å². The van der Waals surface area contributed by atoms with E-state index in [0.29, 0.717) is 0 Å². The lowest BCUT2D eigenvalue weighted by molar-refractivity contribution is 0.584. The molecule has 0 aromatic carbocycles. The Labute approximate surface area is 99.5 Å². The second kappa shape index (κ2) is 8.26. The SMILES string of the molecule is CCCCCCCCCc1nccc(C)n1. The van der Waals surface area contributed by atoms with Gasteiger partial charge in [0.05, 0.1) is 0 Å². The molecule has 0 radical (unpaired) electrons. The van der Waals surface area contributed by atoms with Crippen LogP contribution in [0.25, 0.3) is 0 Å². The van der Waals surface area contributed by atoms with Crippen LogP contribution in [-0.2, 0) is 6.42 Å². The van der Waals surface area contributed by atoms with Crippen LogP contribution in [0.4, 0.5) is 0 Å². The van der Waals surface area contributed by atoms with E-state index in [1.54, 1.807) is 0 Å². The minimum atomic E-state index is 1.01. The highest BCUT2D eigenvalue weighted by molar-refractivity contribution is 4.99. The van der Waals surface area contributed by atoms with Gasteiger partial charge in [0.15, 0.2) is 0 Å². The monoisotopic (exact) mass is 220 g/mol. The van der Waals surface area contributed by atoms with Gasteiger partial charge in [-0.05, 0) is 19.4 Å². The Morgan fingerprint density at radius 1 is 1.00 bits per heavy atom. The van der Waals surface area contributed by atoms with Gasteiger partial charge >= 0.3 is 0 Å². The molecular formula is C14H24N2. The van der Waals surface area contributed by atoms with Crippen molar-refractivity contribution < 1.29 is 0 Å². The van der Waals surface area contributed by atoms with E-state index in [-0.39, 0.29) is 0 Å². The maximum Gasteiger partial charge on any atom is 0.128 e. The molecule has 0 unspecified atom stereocenters. The van der Waals surface area contributed by atoms with Gasteiger partial charge in [0.25, 0.3) is 0 Å². The maximum absolute atomic E-state index is 4.41. The topological polar surface area (TPSA) is 25.8 Å². The number of unbranched alkanes of at least 4 members (excludes halogenated alkanes) is 6. The lowest BCUT2D eigenvalue weighted by Gasteiger charge is -2.01. The lowest BCUT2D eigenvalue weighted by atomic mass is 10.1. The molecule has 0 aliphatic carbocycles. The molecule has 0 fully saturated rings. The van der Waals surface area contributed by atoms with Crippen LogP contribution < -0.4 is 0 Å². The number of aryl methyl sites for hydroxylation is 2. The molecule has 1 heterocycles. The van der Waals surface area contributed by atoms with E-state index >= 15 is 0 Å². The third-order valence-electron chi connectivity index (χ3n) is 2.85. The number of aromatic nitrogens is 2. The highest BCUT2D eigenvalue weighted by Crippen LogP contribution is 2.08. The quantitative estimate of drug-likeness (QED) is 0.617. The largest absolute Gasteiger partial charge is 0.241 e. The summed E-state index contributed by atoms with van der Waals surface area (Å²) in [5.74, 6) is 1.01. The van der Waals surface area contributed by atoms with Crippen molar-refractivity contribution in [2.24, 2.45) is 0 Å². The second-order valence-corrected chi connectivity index (χ2v) is 4.49. The van der Waals surface area contributed by atoms with Crippen LogP contribution >= 0.6 is 0 Å². The van der Waals surface area contributed by atoms with E-state index in [1.165, 1.54) is 44.9 Å². The Morgan fingerprint density at radius 3 is 2.38 bits per heavy atom. The zero-order valence-corrected chi connectivity index (χ0v) is 10.7. The molecule has 0 spiro atoms. The first-order valence-corrected chi connectivity index (χ1v) is 6.61. The summed E-state index contributed by atoms with van der Waals surface area (Å²) in [6, 6.07) is 1.95. The van der Waals surface area contributed by atoms with Gasteiger partial charge in [0.1, 0.15) is 5.82 Å². The van der Waals surface area contributed by atoms with Gasteiger partial charge in [-0.3, -0.25) is 0 Å². The van der Waals surface area contributed by atoms with Crippen molar-refractivity contribution in [2.75, 3.05) is 0 Å². The molecule has 1 aromatic heterocycles. The predicted molar refractivity (Wildman–Crippen MR) is 68.5 cm³/mol. The summed E-state index contributed by atoms with van der Waals surface area (Å²) in [4.78, 5) is 8.68.